The molecule has 0 bridgehead atoms. The van der Waals surface area contributed by atoms with Gasteiger partial charge < -0.3 is 9.47 Å². The number of ether oxygens (including phenoxy) is 2. The van der Waals surface area contributed by atoms with Gasteiger partial charge in [-0.2, -0.15) is 0 Å². The standard InChI is InChI=1S/C11H13BrO3.C2H6/c1-2-14-11(13)8-15-10-5-3-4-9(6-10)7-12;1-2/h3-6H,2,7-8H2,1H3;1-2H3. The molecule has 0 saturated heterocycles. The van der Waals surface area contributed by atoms with Gasteiger partial charge >= 0.3 is 5.97 Å². The summed E-state index contributed by atoms with van der Waals surface area (Å²) in [6.07, 6.45) is 0. The molecular weight excluding hydrogens is 284 g/mol. The molecule has 96 valence electrons. The average Bonchev–Trinajstić information content (AvgIpc) is 2.39. The Morgan fingerprint density at radius 1 is 1.35 bits per heavy atom. The van der Waals surface area contributed by atoms with Gasteiger partial charge in [0.15, 0.2) is 6.61 Å². The van der Waals surface area contributed by atoms with Crippen LogP contribution >= 0.6 is 15.9 Å². The van der Waals surface area contributed by atoms with Gasteiger partial charge in [-0.15, -0.1) is 0 Å². The molecular formula is C13H19BrO3. The second kappa shape index (κ2) is 10.1. The molecule has 0 aromatic heterocycles. The first kappa shape index (κ1) is 16.0. The van der Waals surface area contributed by atoms with Crippen LogP contribution in [-0.4, -0.2) is 19.2 Å². The van der Waals surface area contributed by atoms with Gasteiger partial charge in [-0.05, 0) is 24.6 Å². The van der Waals surface area contributed by atoms with E-state index in [1.54, 1.807) is 6.92 Å². The number of benzene rings is 1. The third-order valence-corrected chi connectivity index (χ3v) is 2.36. The number of hydrogen-bond donors (Lipinski definition) is 0. The van der Waals surface area contributed by atoms with Gasteiger partial charge in [-0.25, -0.2) is 4.79 Å². The van der Waals surface area contributed by atoms with Gasteiger partial charge in [-0.1, -0.05) is 41.9 Å². The van der Waals surface area contributed by atoms with Crippen molar-refractivity contribution >= 4 is 21.9 Å². The summed E-state index contributed by atoms with van der Waals surface area (Å²) in [4.78, 5) is 11.0. The Hall–Kier alpha value is -1.03. The predicted octanol–water partition coefficient (Wildman–Crippen LogP) is 3.55. The minimum atomic E-state index is -0.346. The van der Waals surface area contributed by atoms with Gasteiger partial charge in [0.2, 0.25) is 0 Å². The van der Waals surface area contributed by atoms with Crippen LogP contribution in [0.15, 0.2) is 24.3 Å². The van der Waals surface area contributed by atoms with Crippen LogP contribution in [0.1, 0.15) is 26.3 Å². The minimum absolute atomic E-state index is 0.0421. The molecule has 0 amide bonds. The van der Waals surface area contributed by atoms with E-state index in [0.717, 1.165) is 10.9 Å². The van der Waals surface area contributed by atoms with Crippen molar-refractivity contribution in [3.05, 3.63) is 29.8 Å². The van der Waals surface area contributed by atoms with Crippen molar-refractivity contribution in [1.82, 2.24) is 0 Å². The van der Waals surface area contributed by atoms with Crippen LogP contribution in [0.4, 0.5) is 0 Å². The highest BCUT2D eigenvalue weighted by Gasteiger charge is 2.02. The highest BCUT2D eigenvalue weighted by Crippen LogP contribution is 2.15. The summed E-state index contributed by atoms with van der Waals surface area (Å²) in [7, 11) is 0. The molecule has 0 aliphatic heterocycles. The normalized spacial score (nSPS) is 8.94. The zero-order chi connectivity index (χ0) is 13.1. The lowest BCUT2D eigenvalue weighted by atomic mass is 10.2. The summed E-state index contributed by atoms with van der Waals surface area (Å²) >= 11 is 3.35. The Morgan fingerprint density at radius 2 is 2.06 bits per heavy atom. The van der Waals surface area contributed by atoms with Crippen LogP contribution in [0.25, 0.3) is 0 Å². The maximum Gasteiger partial charge on any atom is 0.344 e. The van der Waals surface area contributed by atoms with Crippen LogP contribution in [0, 0.1) is 0 Å². The van der Waals surface area contributed by atoms with Crippen molar-refractivity contribution in [3.8, 4) is 5.75 Å². The summed E-state index contributed by atoms with van der Waals surface area (Å²) < 4.78 is 10.0. The van der Waals surface area contributed by atoms with Crippen molar-refractivity contribution in [2.24, 2.45) is 0 Å². The minimum Gasteiger partial charge on any atom is -0.482 e. The van der Waals surface area contributed by atoms with E-state index in [1.165, 1.54) is 0 Å². The molecule has 17 heavy (non-hydrogen) atoms. The summed E-state index contributed by atoms with van der Waals surface area (Å²) in [6, 6.07) is 7.56. The summed E-state index contributed by atoms with van der Waals surface area (Å²) in [5.74, 6) is 0.335. The van der Waals surface area contributed by atoms with E-state index >= 15 is 0 Å². The summed E-state index contributed by atoms with van der Waals surface area (Å²) in [5.41, 5.74) is 1.11. The number of halogens is 1. The molecule has 0 aliphatic carbocycles. The molecule has 4 heteroatoms. The van der Waals surface area contributed by atoms with Crippen molar-refractivity contribution in [2.75, 3.05) is 13.2 Å². The van der Waals surface area contributed by atoms with Crippen LogP contribution in [-0.2, 0) is 14.9 Å². The fraction of sp³-hybridized carbons (Fsp3) is 0.462. The summed E-state index contributed by atoms with van der Waals surface area (Å²) in [5, 5.41) is 0.767. The first-order valence-corrected chi connectivity index (χ1v) is 6.81. The molecule has 0 atom stereocenters. The number of carbonyl (C=O) groups excluding carboxylic acids is 1. The molecule has 1 rings (SSSR count). The largest absolute Gasteiger partial charge is 0.482 e. The van der Waals surface area contributed by atoms with E-state index in [2.05, 4.69) is 15.9 Å². The Morgan fingerprint density at radius 3 is 2.65 bits per heavy atom. The smallest absolute Gasteiger partial charge is 0.344 e. The topological polar surface area (TPSA) is 35.5 Å². The highest BCUT2D eigenvalue weighted by atomic mass is 79.9. The van der Waals surface area contributed by atoms with Gasteiger partial charge in [0.1, 0.15) is 5.75 Å². The Labute approximate surface area is 111 Å². The molecule has 0 spiro atoms. The van der Waals surface area contributed by atoms with E-state index in [9.17, 15) is 4.79 Å². The molecule has 0 fully saturated rings. The molecule has 0 N–H and O–H groups in total. The van der Waals surface area contributed by atoms with E-state index in [1.807, 2.05) is 38.1 Å². The van der Waals surface area contributed by atoms with E-state index in [0.29, 0.717) is 12.4 Å². The maximum atomic E-state index is 11.0. The molecule has 1 aromatic rings. The molecule has 0 unspecified atom stereocenters. The molecule has 0 radical (unpaired) electrons. The second-order valence-electron chi connectivity index (χ2n) is 2.87. The first-order chi connectivity index (χ1) is 8.26. The van der Waals surface area contributed by atoms with E-state index in [4.69, 9.17) is 9.47 Å². The third kappa shape index (κ3) is 7.00. The fourth-order valence-electron chi connectivity index (χ4n) is 1.06. The highest BCUT2D eigenvalue weighted by molar-refractivity contribution is 9.08. The van der Waals surface area contributed by atoms with E-state index < -0.39 is 0 Å². The molecule has 1 aromatic carbocycles. The van der Waals surface area contributed by atoms with Crippen molar-refractivity contribution in [3.63, 3.8) is 0 Å². The number of alkyl halides is 1. The monoisotopic (exact) mass is 302 g/mol. The lowest BCUT2D eigenvalue weighted by Gasteiger charge is -2.06. The van der Waals surface area contributed by atoms with Crippen LogP contribution in [0.2, 0.25) is 0 Å². The molecule has 0 saturated carbocycles. The van der Waals surface area contributed by atoms with Crippen LogP contribution < -0.4 is 4.74 Å². The van der Waals surface area contributed by atoms with Crippen molar-refractivity contribution in [1.29, 1.82) is 0 Å². The first-order valence-electron chi connectivity index (χ1n) is 5.69. The molecule has 0 aliphatic rings. The lowest BCUT2D eigenvalue weighted by molar-refractivity contribution is -0.145. The predicted molar refractivity (Wildman–Crippen MR) is 72.5 cm³/mol. The number of rotatable bonds is 5. The van der Waals surface area contributed by atoms with Gasteiger partial charge in [0, 0.05) is 5.33 Å². The maximum absolute atomic E-state index is 11.0. The van der Waals surface area contributed by atoms with Gasteiger partial charge in [0.25, 0.3) is 0 Å². The Kier molecular flexibility index (Phi) is 9.53. The fourth-order valence-corrected chi connectivity index (χ4v) is 1.41. The lowest BCUT2D eigenvalue weighted by Crippen LogP contribution is -2.14. The SMILES string of the molecule is CC.CCOC(=O)COc1cccc(CBr)c1. The Bertz CT molecular complexity index is 326. The Balaban J connectivity index is 0.00000121. The average molecular weight is 303 g/mol. The van der Waals surface area contributed by atoms with Gasteiger partial charge in [0.05, 0.1) is 6.61 Å². The quantitative estimate of drug-likeness (QED) is 0.616. The number of hydrogen-bond acceptors (Lipinski definition) is 3. The van der Waals surface area contributed by atoms with Crippen LogP contribution in [0.3, 0.4) is 0 Å². The van der Waals surface area contributed by atoms with Gasteiger partial charge in [-0.3, -0.25) is 0 Å². The van der Waals surface area contributed by atoms with Crippen molar-refractivity contribution in [2.45, 2.75) is 26.1 Å². The molecule has 0 heterocycles. The van der Waals surface area contributed by atoms with Crippen LogP contribution in [0.5, 0.6) is 5.75 Å². The molecule has 3 nitrogen and oxygen atoms in total. The number of esters is 1. The van der Waals surface area contributed by atoms with E-state index in [-0.39, 0.29) is 12.6 Å². The summed E-state index contributed by atoms with van der Waals surface area (Å²) in [6.45, 7) is 6.10. The third-order valence-electron chi connectivity index (χ3n) is 1.71. The zero-order valence-electron chi connectivity index (χ0n) is 10.5. The second-order valence-corrected chi connectivity index (χ2v) is 3.44. The zero-order valence-corrected chi connectivity index (χ0v) is 12.1. The van der Waals surface area contributed by atoms with Crippen molar-refractivity contribution < 1.29 is 14.3 Å². The number of carbonyl (C=O) groups is 1.